The van der Waals surface area contributed by atoms with E-state index in [1.54, 1.807) is 12.3 Å². The normalized spacial score (nSPS) is 18.0. The van der Waals surface area contributed by atoms with Gasteiger partial charge in [-0.3, -0.25) is 0 Å². The molecule has 3 aromatic rings. The van der Waals surface area contributed by atoms with Crippen LogP contribution in [0.3, 0.4) is 0 Å². The Morgan fingerprint density at radius 3 is 2.76 bits per heavy atom. The number of rotatable bonds is 5. The summed E-state index contributed by atoms with van der Waals surface area (Å²) in [5.74, 6) is 6.52. The molecule has 198 valence electrons. The van der Waals surface area contributed by atoms with E-state index in [1.165, 1.54) is 13.3 Å². The van der Waals surface area contributed by atoms with Gasteiger partial charge in [-0.2, -0.15) is 0 Å². The zero-order valence-corrected chi connectivity index (χ0v) is 21.2. The molecule has 1 atom stereocenters. The first-order valence-corrected chi connectivity index (χ1v) is 12.7. The van der Waals surface area contributed by atoms with Gasteiger partial charge in [0.25, 0.3) is 0 Å². The van der Waals surface area contributed by atoms with Crippen molar-refractivity contribution in [1.29, 1.82) is 0 Å². The highest BCUT2D eigenvalue weighted by Gasteiger charge is 2.21. The number of halogens is 2. The molecule has 0 radical (unpaired) electrons. The standard InChI is InChI=1S/C28H30F2N6O2/c1-37-24-14-20(29)13-22(30)27(24)28-32-9-6-25(35-28)34-26-15-23(36-10-2-3-21(31)17-36)19(16-33-26)5-4-18-7-11-38-12-8-18/h6,9,13-16,18,21H,2-3,7-8,10-12,17,31H2,1H3,(H,32,33,34,35)/t21-/m0/s1. The summed E-state index contributed by atoms with van der Waals surface area (Å²) < 4.78 is 38.9. The number of hydrogen-bond acceptors (Lipinski definition) is 8. The Balaban J connectivity index is 1.45. The lowest BCUT2D eigenvalue weighted by atomic mass is 10.0. The molecular formula is C28H30F2N6O2. The fourth-order valence-electron chi connectivity index (χ4n) is 4.73. The van der Waals surface area contributed by atoms with Crippen LogP contribution in [0.15, 0.2) is 36.7 Å². The quantitative estimate of drug-likeness (QED) is 0.482. The molecule has 1 aromatic carbocycles. The molecule has 4 heterocycles. The number of pyridine rings is 1. The number of aromatic nitrogens is 3. The molecule has 2 aliphatic heterocycles. The monoisotopic (exact) mass is 520 g/mol. The number of ether oxygens (including phenoxy) is 2. The van der Waals surface area contributed by atoms with E-state index in [0.717, 1.165) is 75.4 Å². The van der Waals surface area contributed by atoms with Crippen LogP contribution in [0.1, 0.15) is 31.2 Å². The van der Waals surface area contributed by atoms with Gasteiger partial charge in [0.15, 0.2) is 5.82 Å². The highest BCUT2D eigenvalue weighted by Crippen LogP contribution is 2.32. The third-order valence-electron chi connectivity index (χ3n) is 6.69. The van der Waals surface area contributed by atoms with Crippen molar-refractivity contribution < 1.29 is 18.3 Å². The summed E-state index contributed by atoms with van der Waals surface area (Å²) in [6, 6.07) is 5.55. The summed E-state index contributed by atoms with van der Waals surface area (Å²) in [4.78, 5) is 15.4. The fraction of sp³-hybridized carbons (Fsp3) is 0.393. The molecule has 2 fully saturated rings. The summed E-state index contributed by atoms with van der Waals surface area (Å²) in [7, 11) is 1.34. The van der Waals surface area contributed by atoms with Gasteiger partial charge >= 0.3 is 0 Å². The second kappa shape index (κ2) is 11.7. The molecule has 0 amide bonds. The van der Waals surface area contributed by atoms with Crippen molar-refractivity contribution in [3.8, 4) is 29.0 Å². The molecule has 0 bridgehead atoms. The van der Waals surface area contributed by atoms with E-state index in [1.807, 2.05) is 6.07 Å². The molecule has 0 spiro atoms. The van der Waals surface area contributed by atoms with Gasteiger partial charge in [0.05, 0.1) is 23.9 Å². The van der Waals surface area contributed by atoms with Crippen LogP contribution in [0.4, 0.5) is 26.1 Å². The molecule has 0 unspecified atom stereocenters. The van der Waals surface area contributed by atoms with Crippen LogP contribution in [-0.4, -0.2) is 54.4 Å². The first kappa shape index (κ1) is 25.8. The minimum Gasteiger partial charge on any atom is -0.496 e. The average Bonchev–Trinajstić information content (AvgIpc) is 2.92. The summed E-state index contributed by atoms with van der Waals surface area (Å²) in [6.45, 7) is 3.09. The maximum Gasteiger partial charge on any atom is 0.168 e. The zero-order chi connectivity index (χ0) is 26.5. The SMILES string of the molecule is COc1cc(F)cc(F)c1-c1nccc(Nc2cc(N3CCC[C@H](N)C3)c(C#CC3CCOCC3)cn2)n1. The smallest absolute Gasteiger partial charge is 0.168 e. The lowest BCUT2D eigenvalue weighted by molar-refractivity contribution is 0.0807. The highest BCUT2D eigenvalue weighted by molar-refractivity contribution is 5.69. The van der Waals surface area contributed by atoms with Crippen molar-refractivity contribution in [2.24, 2.45) is 11.7 Å². The van der Waals surface area contributed by atoms with Crippen molar-refractivity contribution in [2.75, 3.05) is 43.6 Å². The Labute approximate surface area is 220 Å². The van der Waals surface area contributed by atoms with E-state index < -0.39 is 11.6 Å². The van der Waals surface area contributed by atoms with Crippen LogP contribution >= 0.6 is 0 Å². The molecule has 10 heteroatoms. The number of nitrogens with two attached hydrogens (primary N) is 1. The second-order valence-corrected chi connectivity index (χ2v) is 9.45. The van der Waals surface area contributed by atoms with E-state index in [-0.39, 0.29) is 23.2 Å². The third kappa shape index (κ3) is 6.01. The van der Waals surface area contributed by atoms with Crippen LogP contribution in [0.25, 0.3) is 11.4 Å². The number of piperidine rings is 1. The molecule has 3 N–H and O–H groups in total. The van der Waals surface area contributed by atoms with Gasteiger partial charge < -0.3 is 25.4 Å². The van der Waals surface area contributed by atoms with Crippen LogP contribution in [0.5, 0.6) is 5.75 Å². The predicted octanol–water partition coefficient (Wildman–Crippen LogP) is 4.27. The molecule has 2 aromatic heterocycles. The molecule has 38 heavy (non-hydrogen) atoms. The molecule has 2 saturated heterocycles. The van der Waals surface area contributed by atoms with E-state index in [2.05, 4.69) is 37.0 Å². The Morgan fingerprint density at radius 2 is 1.97 bits per heavy atom. The third-order valence-corrected chi connectivity index (χ3v) is 6.69. The summed E-state index contributed by atoms with van der Waals surface area (Å²) >= 11 is 0. The molecule has 0 aliphatic carbocycles. The summed E-state index contributed by atoms with van der Waals surface area (Å²) in [6.07, 6.45) is 7.10. The minimum absolute atomic E-state index is 0.00829. The molecule has 0 saturated carbocycles. The van der Waals surface area contributed by atoms with E-state index in [0.29, 0.717) is 17.6 Å². The summed E-state index contributed by atoms with van der Waals surface area (Å²) in [5, 5.41) is 3.18. The van der Waals surface area contributed by atoms with E-state index in [9.17, 15) is 8.78 Å². The number of methoxy groups -OCH3 is 1. The Hall–Kier alpha value is -3.81. The molecule has 8 nitrogen and oxygen atoms in total. The van der Waals surface area contributed by atoms with Crippen molar-refractivity contribution in [2.45, 2.75) is 31.7 Å². The second-order valence-electron chi connectivity index (χ2n) is 9.45. The highest BCUT2D eigenvalue weighted by atomic mass is 19.1. The van der Waals surface area contributed by atoms with Gasteiger partial charge in [-0.05, 0) is 31.7 Å². The lowest BCUT2D eigenvalue weighted by Gasteiger charge is -2.33. The van der Waals surface area contributed by atoms with Gasteiger partial charge in [-0.25, -0.2) is 23.7 Å². The Kier molecular flexibility index (Phi) is 7.96. The van der Waals surface area contributed by atoms with Crippen molar-refractivity contribution in [1.82, 2.24) is 15.0 Å². The molecular weight excluding hydrogens is 490 g/mol. The van der Waals surface area contributed by atoms with Crippen LogP contribution in [-0.2, 0) is 4.74 Å². The number of anilines is 3. The Bertz CT molecular complexity index is 1350. The van der Waals surface area contributed by atoms with Crippen LogP contribution < -0.4 is 20.7 Å². The van der Waals surface area contributed by atoms with E-state index >= 15 is 0 Å². The van der Waals surface area contributed by atoms with Crippen LogP contribution in [0.2, 0.25) is 0 Å². The molecule has 2 aliphatic rings. The van der Waals surface area contributed by atoms with Crippen molar-refractivity contribution in [3.05, 3.63) is 53.9 Å². The van der Waals surface area contributed by atoms with Gasteiger partial charge in [-0.1, -0.05) is 11.8 Å². The minimum atomic E-state index is -0.812. The zero-order valence-electron chi connectivity index (χ0n) is 21.2. The van der Waals surface area contributed by atoms with Crippen molar-refractivity contribution >= 4 is 17.3 Å². The number of nitrogens with one attached hydrogen (secondary N) is 1. The van der Waals surface area contributed by atoms with Crippen molar-refractivity contribution in [3.63, 3.8) is 0 Å². The first-order chi connectivity index (χ1) is 18.5. The topological polar surface area (TPSA) is 98.4 Å². The van der Waals surface area contributed by atoms with Gasteiger partial charge in [0, 0.05) is 68.9 Å². The van der Waals surface area contributed by atoms with Gasteiger partial charge in [0.1, 0.15) is 29.0 Å². The van der Waals surface area contributed by atoms with E-state index in [4.69, 9.17) is 15.2 Å². The lowest BCUT2D eigenvalue weighted by Crippen LogP contribution is -2.43. The first-order valence-electron chi connectivity index (χ1n) is 12.7. The predicted molar refractivity (Wildman–Crippen MR) is 141 cm³/mol. The fourth-order valence-corrected chi connectivity index (χ4v) is 4.73. The number of nitrogens with zero attached hydrogens (tertiary/aromatic N) is 4. The number of hydrogen-bond donors (Lipinski definition) is 2. The maximum atomic E-state index is 14.6. The Morgan fingerprint density at radius 1 is 1.13 bits per heavy atom. The summed E-state index contributed by atoms with van der Waals surface area (Å²) in [5.41, 5.74) is 8.06. The van der Waals surface area contributed by atoms with Gasteiger partial charge in [0.2, 0.25) is 0 Å². The number of benzene rings is 1. The van der Waals surface area contributed by atoms with Crippen LogP contribution in [0, 0.1) is 29.4 Å². The van der Waals surface area contributed by atoms with Gasteiger partial charge in [-0.15, -0.1) is 0 Å². The average molecular weight is 521 g/mol. The molecule has 5 rings (SSSR count). The largest absolute Gasteiger partial charge is 0.496 e. The maximum absolute atomic E-state index is 14.6.